The number of rotatable bonds is 7. The molecule has 1 saturated carbocycles. The van der Waals surface area contributed by atoms with E-state index in [0.717, 1.165) is 12.3 Å². The van der Waals surface area contributed by atoms with Crippen LogP contribution in [0.15, 0.2) is 12.2 Å². The number of hydrogen-bond donors (Lipinski definition) is 1. The van der Waals surface area contributed by atoms with E-state index in [1.807, 2.05) is 6.08 Å². The first-order valence-electron chi connectivity index (χ1n) is 6.66. The minimum atomic E-state index is -0.702. The largest absolute Gasteiger partial charge is 0.481 e. The highest BCUT2D eigenvalue weighted by Crippen LogP contribution is 2.27. The number of unbranched alkanes of at least 4 members (excludes halogenated alkanes) is 1. The van der Waals surface area contributed by atoms with E-state index < -0.39 is 5.97 Å². The van der Waals surface area contributed by atoms with Gasteiger partial charge in [0.25, 0.3) is 0 Å². The Morgan fingerprint density at radius 3 is 2.50 bits per heavy atom. The van der Waals surface area contributed by atoms with E-state index >= 15 is 0 Å². The Labute approximate surface area is 98.7 Å². The summed E-state index contributed by atoms with van der Waals surface area (Å²) in [5.41, 5.74) is 0. The van der Waals surface area contributed by atoms with Crippen LogP contribution in [0.2, 0.25) is 0 Å². The Kier molecular flexibility index (Phi) is 6.95. The third-order valence-electron chi connectivity index (χ3n) is 3.40. The summed E-state index contributed by atoms with van der Waals surface area (Å²) in [6.45, 7) is 0. The Balaban J connectivity index is 1.92. The molecule has 0 saturated heterocycles. The van der Waals surface area contributed by atoms with E-state index in [0.29, 0.717) is 6.42 Å². The molecule has 0 aromatic carbocycles. The summed E-state index contributed by atoms with van der Waals surface area (Å²) < 4.78 is 0. The van der Waals surface area contributed by atoms with Gasteiger partial charge in [-0.2, -0.15) is 0 Å². The molecule has 1 aliphatic carbocycles. The number of allylic oxidation sites excluding steroid dienone is 2. The van der Waals surface area contributed by atoms with Crippen LogP contribution in [0, 0.1) is 5.92 Å². The average Bonchev–Trinajstić information content (AvgIpc) is 2.29. The maximum atomic E-state index is 10.3. The third-order valence-corrected chi connectivity index (χ3v) is 3.40. The molecule has 1 N–H and O–H groups in total. The Bertz CT molecular complexity index is 215. The molecule has 0 spiro atoms. The zero-order valence-corrected chi connectivity index (χ0v) is 10.2. The van der Waals surface area contributed by atoms with E-state index in [1.54, 1.807) is 0 Å². The molecule has 1 rings (SSSR count). The lowest BCUT2D eigenvalue weighted by Gasteiger charge is -2.20. The van der Waals surface area contributed by atoms with Crippen LogP contribution in [-0.2, 0) is 4.79 Å². The standard InChI is InChI=1S/C14H24O2/c15-14(16)12-8-3-1-2-5-9-13-10-6-4-7-11-13/h1,3,13H,2,4-12H2,(H,15,16)/b3-1-. The van der Waals surface area contributed by atoms with E-state index in [1.165, 1.54) is 44.9 Å². The van der Waals surface area contributed by atoms with E-state index in [9.17, 15) is 4.79 Å². The summed E-state index contributed by atoms with van der Waals surface area (Å²) in [6, 6.07) is 0. The molecule has 0 heterocycles. The van der Waals surface area contributed by atoms with Gasteiger partial charge >= 0.3 is 5.97 Å². The second-order valence-corrected chi connectivity index (χ2v) is 4.84. The topological polar surface area (TPSA) is 37.3 Å². The van der Waals surface area contributed by atoms with Gasteiger partial charge in [-0.05, 0) is 25.2 Å². The highest BCUT2D eigenvalue weighted by Gasteiger charge is 2.11. The van der Waals surface area contributed by atoms with Gasteiger partial charge in [0.1, 0.15) is 0 Å². The highest BCUT2D eigenvalue weighted by molar-refractivity contribution is 5.66. The molecule has 1 aliphatic rings. The van der Waals surface area contributed by atoms with Gasteiger partial charge in [0.05, 0.1) is 0 Å². The summed E-state index contributed by atoms with van der Waals surface area (Å²) in [4.78, 5) is 10.3. The lowest BCUT2D eigenvalue weighted by atomic mass is 9.86. The molecule has 16 heavy (non-hydrogen) atoms. The zero-order valence-electron chi connectivity index (χ0n) is 10.2. The molecule has 0 aromatic rings. The number of hydrogen-bond acceptors (Lipinski definition) is 1. The predicted octanol–water partition coefficient (Wildman–Crippen LogP) is 4.16. The van der Waals surface area contributed by atoms with Crippen molar-refractivity contribution < 1.29 is 9.90 Å². The van der Waals surface area contributed by atoms with Crippen molar-refractivity contribution in [2.24, 2.45) is 5.92 Å². The molecular formula is C14H24O2. The highest BCUT2D eigenvalue weighted by atomic mass is 16.4. The molecule has 0 atom stereocenters. The monoisotopic (exact) mass is 224 g/mol. The van der Waals surface area contributed by atoms with E-state index in [-0.39, 0.29) is 6.42 Å². The van der Waals surface area contributed by atoms with Gasteiger partial charge in [0.15, 0.2) is 0 Å². The second-order valence-electron chi connectivity index (χ2n) is 4.84. The minimum Gasteiger partial charge on any atom is -0.481 e. The van der Waals surface area contributed by atoms with Gasteiger partial charge in [0, 0.05) is 6.42 Å². The summed E-state index contributed by atoms with van der Waals surface area (Å²) in [6.07, 6.45) is 16.0. The summed E-state index contributed by atoms with van der Waals surface area (Å²) >= 11 is 0. The van der Waals surface area contributed by atoms with Crippen molar-refractivity contribution in [1.29, 1.82) is 0 Å². The van der Waals surface area contributed by atoms with Crippen LogP contribution in [0.1, 0.15) is 64.2 Å². The van der Waals surface area contributed by atoms with Crippen molar-refractivity contribution in [1.82, 2.24) is 0 Å². The fourth-order valence-electron chi connectivity index (χ4n) is 2.44. The van der Waals surface area contributed by atoms with Crippen LogP contribution >= 0.6 is 0 Å². The van der Waals surface area contributed by atoms with Crippen molar-refractivity contribution in [3.63, 3.8) is 0 Å². The first kappa shape index (κ1) is 13.3. The number of carboxylic acids is 1. The molecule has 1 fully saturated rings. The van der Waals surface area contributed by atoms with E-state index in [2.05, 4.69) is 6.08 Å². The van der Waals surface area contributed by atoms with Gasteiger partial charge in [-0.3, -0.25) is 4.79 Å². The Morgan fingerprint density at radius 2 is 1.81 bits per heavy atom. The normalized spacial score (nSPS) is 18.0. The molecule has 92 valence electrons. The molecule has 2 heteroatoms. The van der Waals surface area contributed by atoms with Gasteiger partial charge in [0.2, 0.25) is 0 Å². The summed E-state index contributed by atoms with van der Waals surface area (Å²) in [5.74, 6) is 0.271. The minimum absolute atomic E-state index is 0.263. The van der Waals surface area contributed by atoms with Crippen molar-refractivity contribution in [3.05, 3.63) is 12.2 Å². The SMILES string of the molecule is O=C(O)CC/C=C\CCCC1CCCCC1. The van der Waals surface area contributed by atoms with Crippen LogP contribution in [0.3, 0.4) is 0 Å². The smallest absolute Gasteiger partial charge is 0.303 e. The van der Waals surface area contributed by atoms with Crippen LogP contribution in [0.4, 0.5) is 0 Å². The second kappa shape index (κ2) is 8.37. The lowest BCUT2D eigenvalue weighted by Crippen LogP contribution is -2.05. The summed E-state index contributed by atoms with van der Waals surface area (Å²) in [7, 11) is 0. The quantitative estimate of drug-likeness (QED) is 0.521. The van der Waals surface area contributed by atoms with Gasteiger partial charge in [-0.15, -0.1) is 0 Å². The predicted molar refractivity (Wildman–Crippen MR) is 66.4 cm³/mol. The fourth-order valence-corrected chi connectivity index (χ4v) is 2.44. The number of aliphatic carboxylic acids is 1. The van der Waals surface area contributed by atoms with E-state index in [4.69, 9.17) is 5.11 Å². The molecule has 0 aromatic heterocycles. The molecule has 0 amide bonds. The van der Waals surface area contributed by atoms with Crippen LogP contribution in [0.25, 0.3) is 0 Å². The number of carbonyl (C=O) groups is 1. The molecule has 0 unspecified atom stereocenters. The van der Waals surface area contributed by atoms with Crippen molar-refractivity contribution in [2.45, 2.75) is 64.2 Å². The van der Waals surface area contributed by atoms with Gasteiger partial charge in [-0.1, -0.05) is 50.7 Å². The molecule has 0 aliphatic heterocycles. The van der Waals surface area contributed by atoms with Crippen LogP contribution < -0.4 is 0 Å². The first-order valence-corrected chi connectivity index (χ1v) is 6.66. The average molecular weight is 224 g/mol. The van der Waals surface area contributed by atoms with Gasteiger partial charge < -0.3 is 5.11 Å². The first-order chi connectivity index (χ1) is 7.79. The fraction of sp³-hybridized carbons (Fsp3) is 0.786. The lowest BCUT2D eigenvalue weighted by molar-refractivity contribution is -0.136. The van der Waals surface area contributed by atoms with Crippen LogP contribution in [-0.4, -0.2) is 11.1 Å². The molecule has 2 nitrogen and oxygen atoms in total. The Morgan fingerprint density at radius 1 is 1.12 bits per heavy atom. The molecule has 0 radical (unpaired) electrons. The number of carboxylic acid groups (broad SMARTS) is 1. The van der Waals surface area contributed by atoms with Crippen molar-refractivity contribution in [3.8, 4) is 0 Å². The maximum absolute atomic E-state index is 10.3. The molecular weight excluding hydrogens is 200 g/mol. The van der Waals surface area contributed by atoms with Crippen LogP contribution in [0.5, 0.6) is 0 Å². The Hall–Kier alpha value is -0.790. The summed E-state index contributed by atoms with van der Waals surface area (Å²) in [5, 5.41) is 8.45. The molecule has 0 bridgehead atoms. The maximum Gasteiger partial charge on any atom is 0.303 e. The third kappa shape index (κ3) is 6.65. The van der Waals surface area contributed by atoms with Crippen molar-refractivity contribution in [2.75, 3.05) is 0 Å². The van der Waals surface area contributed by atoms with Gasteiger partial charge in [-0.25, -0.2) is 0 Å². The zero-order chi connectivity index (χ0) is 11.6. The van der Waals surface area contributed by atoms with Crippen molar-refractivity contribution >= 4 is 5.97 Å².